The van der Waals surface area contributed by atoms with Crippen LogP contribution in [0.25, 0.3) is 11.0 Å². The molecular weight excluding hydrogens is 360 g/mol. The normalized spacial score (nSPS) is 19.8. The lowest BCUT2D eigenvalue weighted by Gasteiger charge is -2.41. The van der Waals surface area contributed by atoms with Crippen molar-refractivity contribution in [3.05, 3.63) is 47.9 Å². The first-order chi connectivity index (χ1) is 12.8. The molecule has 0 aliphatic heterocycles. The van der Waals surface area contributed by atoms with E-state index >= 15 is 0 Å². The van der Waals surface area contributed by atoms with Crippen LogP contribution < -0.4 is 4.90 Å². The van der Waals surface area contributed by atoms with E-state index in [4.69, 9.17) is 0 Å². The standard InChI is InChI=1S/C20H24N4O2S/c1-13-4-5-14(2)18(8-13)27(25,26)11-15-9-16(10-15)24(3)20-17-6-7-21-19(17)22-12-23-20/h4-8,12,15-16H,9-11H2,1-3H3,(H,21,22,23). The number of aromatic nitrogens is 3. The maximum atomic E-state index is 12.9. The maximum Gasteiger partial charge on any atom is 0.178 e. The number of nitrogens with zero attached hydrogens (tertiary/aromatic N) is 3. The molecule has 4 rings (SSSR count). The molecule has 1 N–H and O–H groups in total. The SMILES string of the molecule is Cc1ccc(C)c(S(=O)(=O)CC2CC(N(C)c3ncnc4[nH]ccc34)C2)c1. The first-order valence-corrected chi connectivity index (χ1v) is 10.8. The Morgan fingerprint density at radius 1 is 1.19 bits per heavy atom. The molecule has 0 atom stereocenters. The molecule has 142 valence electrons. The van der Waals surface area contributed by atoms with Crippen LogP contribution in [0.4, 0.5) is 5.82 Å². The third-order valence-corrected chi connectivity index (χ3v) is 7.58. The predicted octanol–water partition coefficient (Wildman–Crippen LogP) is 3.26. The number of hydrogen-bond donors (Lipinski definition) is 1. The topological polar surface area (TPSA) is 79.0 Å². The lowest BCUT2D eigenvalue weighted by atomic mass is 9.81. The summed E-state index contributed by atoms with van der Waals surface area (Å²) in [6.07, 6.45) is 5.13. The Kier molecular flexibility index (Phi) is 4.42. The number of nitrogens with one attached hydrogen (secondary N) is 1. The second-order valence-electron chi connectivity index (χ2n) is 7.59. The lowest BCUT2D eigenvalue weighted by Crippen LogP contribution is -2.45. The molecule has 1 aliphatic carbocycles. The Balaban J connectivity index is 1.45. The number of anilines is 1. The minimum atomic E-state index is -3.26. The van der Waals surface area contributed by atoms with Crippen LogP contribution in [0, 0.1) is 19.8 Å². The van der Waals surface area contributed by atoms with Gasteiger partial charge in [-0.1, -0.05) is 12.1 Å². The Hall–Kier alpha value is -2.41. The van der Waals surface area contributed by atoms with Gasteiger partial charge in [0.1, 0.15) is 17.8 Å². The zero-order valence-corrected chi connectivity index (χ0v) is 16.6. The second-order valence-corrected chi connectivity index (χ2v) is 9.59. The molecule has 0 bridgehead atoms. The molecule has 1 fully saturated rings. The van der Waals surface area contributed by atoms with Gasteiger partial charge in [0.15, 0.2) is 9.84 Å². The first kappa shape index (κ1) is 18.0. The minimum absolute atomic E-state index is 0.186. The highest BCUT2D eigenvalue weighted by molar-refractivity contribution is 7.91. The zero-order valence-electron chi connectivity index (χ0n) is 15.8. The number of aryl methyl sites for hydroxylation is 2. The van der Waals surface area contributed by atoms with E-state index in [-0.39, 0.29) is 11.7 Å². The number of aromatic amines is 1. The predicted molar refractivity (Wildman–Crippen MR) is 107 cm³/mol. The third kappa shape index (κ3) is 3.32. The van der Waals surface area contributed by atoms with Crippen LogP contribution in [0.1, 0.15) is 24.0 Å². The average molecular weight is 385 g/mol. The molecule has 2 heterocycles. The number of hydrogen-bond acceptors (Lipinski definition) is 5. The van der Waals surface area contributed by atoms with Crippen molar-refractivity contribution in [1.82, 2.24) is 15.0 Å². The van der Waals surface area contributed by atoms with Crippen molar-refractivity contribution in [2.24, 2.45) is 5.92 Å². The second kappa shape index (κ2) is 6.64. The van der Waals surface area contributed by atoms with Gasteiger partial charge < -0.3 is 9.88 Å². The van der Waals surface area contributed by atoms with E-state index in [1.165, 1.54) is 0 Å². The van der Waals surface area contributed by atoms with Gasteiger partial charge in [-0.2, -0.15) is 0 Å². The van der Waals surface area contributed by atoms with Crippen molar-refractivity contribution in [1.29, 1.82) is 0 Å². The van der Waals surface area contributed by atoms with E-state index in [0.717, 1.165) is 40.8 Å². The number of sulfone groups is 1. The fourth-order valence-electron chi connectivity index (χ4n) is 3.91. The van der Waals surface area contributed by atoms with Crippen molar-refractivity contribution in [2.75, 3.05) is 17.7 Å². The number of rotatable bonds is 5. The van der Waals surface area contributed by atoms with Crippen LogP contribution in [0.15, 0.2) is 41.7 Å². The molecule has 0 saturated heterocycles. The van der Waals surface area contributed by atoms with E-state index in [9.17, 15) is 8.42 Å². The Morgan fingerprint density at radius 2 is 1.96 bits per heavy atom. The van der Waals surface area contributed by atoms with E-state index in [2.05, 4.69) is 19.9 Å². The Morgan fingerprint density at radius 3 is 2.74 bits per heavy atom. The van der Waals surface area contributed by atoms with Gasteiger partial charge in [0.2, 0.25) is 0 Å². The molecular formula is C20H24N4O2S. The molecule has 0 unspecified atom stereocenters. The fourth-order valence-corrected chi connectivity index (χ4v) is 5.90. The summed E-state index contributed by atoms with van der Waals surface area (Å²) in [4.78, 5) is 14.4. The molecule has 0 radical (unpaired) electrons. The molecule has 1 aliphatic rings. The van der Waals surface area contributed by atoms with Crippen LogP contribution in [-0.4, -0.2) is 42.2 Å². The highest BCUT2D eigenvalue weighted by atomic mass is 32.2. The lowest BCUT2D eigenvalue weighted by molar-refractivity contribution is 0.282. The summed E-state index contributed by atoms with van der Waals surface area (Å²) >= 11 is 0. The quantitative estimate of drug-likeness (QED) is 0.730. The van der Waals surface area contributed by atoms with Crippen molar-refractivity contribution in [3.8, 4) is 0 Å². The summed E-state index contributed by atoms with van der Waals surface area (Å²) in [6, 6.07) is 7.90. The van der Waals surface area contributed by atoms with Crippen LogP contribution in [0.2, 0.25) is 0 Å². The van der Waals surface area contributed by atoms with Crippen molar-refractivity contribution < 1.29 is 8.42 Å². The third-order valence-electron chi connectivity index (χ3n) is 5.56. The van der Waals surface area contributed by atoms with Gasteiger partial charge in [-0.3, -0.25) is 0 Å². The van der Waals surface area contributed by atoms with E-state index in [0.29, 0.717) is 10.9 Å². The van der Waals surface area contributed by atoms with Crippen molar-refractivity contribution in [2.45, 2.75) is 37.6 Å². The van der Waals surface area contributed by atoms with Crippen LogP contribution in [-0.2, 0) is 9.84 Å². The van der Waals surface area contributed by atoms with Crippen LogP contribution in [0.5, 0.6) is 0 Å². The number of fused-ring (bicyclic) bond motifs is 1. The molecule has 3 aromatic rings. The van der Waals surface area contributed by atoms with Gasteiger partial charge >= 0.3 is 0 Å². The van der Waals surface area contributed by atoms with Gasteiger partial charge in [-0.25, -0.2) is 18.4 Å². The van der Waals surface area contributed by atoms with Crippen molar-refractivity contribution >= 4 is 26.7 Å². The van der Waals surface area contributed by atoms with Gasteiger partial charge in [-0.15, -0.1) is 0 Å². The summed E-state index contributed by atoms with van der Waals surface area (Å²) in [5.41, 5.74) is 2.62. The Bertz CT molecular complexity index is 1080. The summed E-state index contributed by atoms with van der Waals surface area (Å²) in [5.74, 6) is 1.29. The van der Waals surface area contributed by atoms with Crippen molar-refractivity contribution in [3.63, 3.8) is 0 Å². The molecule has 0 spiro atoms. The van der Waals surface area contributed by atoms with E-state index in [1.54, 1.807) is 12.4 Å². The highest BCUT2D eigenvalue weighted by Crippen LogP contribution is 2.37. The van der Waals surface area contributed by atoms with E-state index in [1.807, 2.05) is 45.3 Å². The maximum absolute atomic E-state index is 12.9. The minimum Gasteiger partial charge on any atom is -0.356 e. The molecule has 1 saturated carbocycles. The van der Waals surface area contributed by atoms with Crippen LogP contribution in [0.3, 0.4) is 0 Å². The van der Waals surface area contributed by atoms with Gasteiger partial charge in [0.25, 0.3) is 0 Å². The van der Waals surface area contributed by atoms with Crippen LogP contribution >= 0.6 is 0 Å². The summed E-state index contributed by atoms with van der Waals surface area (Å²) in [6.45, 7) is 3.79. The molecule has 1 aromatic carbocycles. The number of H-pyrrole nitrogens is 1. The summed E-state index contributed by atoms with van der Waals surface area (Å²) in [7, 11) is -1.24. The smallest absolute Gasteiger partial charge is 0.178 e. The fraction of sp³-hybridized carbons (Fsp3) is 0.400. The summed E-state index contributed by atoms with van der Waals surface area (Å²) < 4.78 is 25.7. The molecule has 7 heteroatoms. The summed E-state index contributed by atoms with van der Waals surface area (Å²) in [5, 5.41) is 0.992. The highest BCUT2D eigenvalue weighted by Gasteiger charge is 2.36. The number of benzene rings is 1. The van der Waals surface area contributed by atoms with Gasteiger partial charge in [-0.05, 0) is 55.9 Å². The Labute approximate surface area is 159 Å². The molecule has 6 nitrogen and oxygen atoms in total. The van der Waals surface area contributed by atoms with E-state index < -0.39 is 9.84 Å². The first-order valence-electron chi connectivity index (χ1n) is 9.16. The molecule has 0 amide bonds. The molecule has 27 heavy (non-hydrogen) atoms. The largest absolute Gasteiger partial charge is 0.356 e. The van der Waals surface area contributed by atoms with Gasteiger partial charge in [0.05, 0.1) is 16.0 Å². The van der Waals surface area contributed by atoms with Gasteiger partial charge in [0, 0.05) is 19.3 Å². The zero-order chi connectivity index (χ0) is 19.2. The average Bonchev–Trinajstić information content (AvgIpc) is 3.08. The monoisotopic (exact) mass is 384 g/mol. The molecule has 2 aromatic heterocycles.